The van der Waals surface area contributed by atoms with Gasteiger partial charge in [0.1, 0.15) is 11.5 Å². The largest absolute Gasteiger partial charge is 0.508 e. The predicted molar refractivity (Wildman–Crippen MR) is 148 cm³/mol. The van der Waals surface area contributed by atoms with Crippen molar-refractivity contribution < 1.29 is 14.6 Å². The number of methoxy groups -OCH3 is 2. The van der Waals surface area contributed by atoms with Crippen LogP contribution in [0.4, 0.5) is 5.69 Å². The molecule has 0 spiro atoms. The molecule has 1 aliphatic carbocycles. The minimum atomic E-state index is 0.367. The van der Waals surface area contributed by atoms with E-state index < -0.39 is 0 Å². The van der Waals surface area contributed by atoms with E-state index in [9.17, 15) is 5.11 Å². The highest BCUT2D eigenvalue weighted by Gasteiger charge is 2.24. The summed E-state index contributed by atoms with van der Waals surface area (Å²) in [5, 5.41) is 9.88. The van der Waals surface area contributed by atoms with Crippen LogP contribution >= 0.6 is 0 Å². The number of aromatic hydroxyl groups is 1. The molecule has 192 valence electrons. The third-order valence-corrected chi connectivity index (χ3v) is 7.53. The third kappa shape index (κ3) is 6.61. The van der Waals surface area contributed by atoms with Crippen molar-refractivity contribution in [2.45, 2.75) is 64.3 Å². The predicted octanol–water partition coefficient (Wildman–Crippen LogP) is 7.06. The number of anilines is 1. The zero-order valence-electron chi connectivity index (χ0n) is 22.1. The number of ether oxygens (including phenoxy) is 2. The normalized spacial score (nSPS) is 14.9. The Morgan fingerprint density at radius 1 is 0.889 bits per heavy atom. The number of unbranched alkanes of at least 4 members (excludes halogenated alkanes) is 2. The first kappa shape index (κ1) is 26.1. The molecule has 1 atom stereocenters. The van der Waals surface area contributed by atoms with Crippen LogP contribution in [-0.2, 0) is 30.5 Å². The van der Waals surface area contributed by atoms with Crippen LogP contribution in [-0.4, -0.2) is 32.5 Å². The van der Waals surface area contributed by atoms with E-state index in [-0.39, 0.29) is 0 Å². The van der Waals surface area contributed by atoms with Crippen molar-refractivity contribution in [3.8, 4) is 11.5 Å². The second kappa shape index (κ2) is 12.8. The van der Waals surface area contributed by atoms with E-state index >= 15 is 0 Å². The number of phenolic OH excluding ortho intramolecular Hbond substituents is 1. The highest BCUT2D eigenvalue weighted by atomic mass is 16.5. The molecular formula is C32H41NO3. The Morgan fingerprint density at radius 3 is 2.44 bits per heavy atom. The molecule has 0 saturated heterocycles. The topological polar surface area (TPSA) is 41.9 Å². The van der Waals surface area contributed by atoms with E-state index in [4.69, 9.17) is 9.47 Å². The van der Waals surface area contributed by atoms with Crippen molar-refractivity contribution in [2.75, 3.05) is 32.3 Å². The lowest BCUT2D eigenvalue weighted by atomic mass is 9.79. The van der Waals surface area contributed by atoms with E-state index in [1.165, 1.54) is 46.3 Å². The molecule has 0 aliphatic heterocycles. The van der Waals surface area contributed by atoms with Gasteiger partial charge in [-0.25, -0.2) is 0 Å². The average Bonchev–Trinajstić information content (AvgIpc) is 2.91. The van der Waals surface area contributed by atoms with Crippen LogP contribution in [0, 0.1) is 0 Å². The van der Waals surface area contributed by atoms with Gasteiger partial charge in [-0.1, -0.05) is 42.8 Å². The first-order chi connectivity index (χ1) is 17.6. The number of hydrogen-bond donors (Lipinski definition) is 1. The summed E-state index contributed by atoms with van der Waals surface area (Å²) in [6.07, 6.45) is 7.78. The molecule has 0 saturated carbocycles. The molecule has 36 heavy (non-hydrogen) atoms. The van der Waals surface area contributed by atoms with Gasteiger partial charge in [0.2, 0.25) is 0 Å². The van der Waals surface area contributed by atoms with Gasteiger partial charge in [-0.2, -0.15) is 0 Å². The van der Waals surface area contributed by atoms with Crippen LogP contribution < -0.4 is 9.64 Å². The second-order valence-corrected chi connectivity index (χ2v) is 9.95. The minimum Gasteiger partial charge on any atom is -0.508 e. The number of aryl methyl sites for hydroxylation is 2. The standard InChI is InChI=1S/C32H41NO3/c1-4-33(23-25-11-9-24(10-12-25)8-6-5-7-19-35-2)32-22-30(36-3)17-18-31(32)28-14-13-27-21-29(34)16-15-26(27)20-28/h9-12,15-18,21-22,28,34H,4-8,13-14,19-20,23H2,1-3H3/t28-/m1/s1. The first-order valence-corrected chi connectivity index (χ1v) is 13.4. The zero-order chi connectivity index (χ0) is 25.3. The van der Waals surface area contributed by atoms with Crippen molar-refractivity contribution >= 4 is 5.69 Å². The Labute approximate surface area is 216 Å². The van der Waals surface area contributed by atoms with E-state index in [0.29, 0.717) is 11.7 Å². The maximum Gasteiger partial charge on any atom is 0.120 e. The van der Waals surface area contributed by atoms with Gasteiger partial charge in [0.15, 0.2) is 0 Å². The first-order valence-electron chi connectivity index (χ1n) is 13.4. The van der Waals surface area contributed by atoms with E-state index in [1.54, 1.807) is 14.2 Å². The van der Waals surface area contributed by atoms with Gasteiger partial charge >= 0.3 is 0 Å². The van der Waals surface area contributed by atoms with Crippen LogP contribution in [0.3, 0.4) is 0 Å². The molecule has 1 aliphatic rings. The summed E-state index contributed by atoms with van der Waals surface area (Å²) >= 11 is 0. The van der Waals surface area contributed by atoms with Crippen LogP contribution in [0.2, 0.25) is 0 Å². The fourth-order valence-corrected chi connectivity index (χ4v) is 5.43. The molecule has 0 fully saturated rings. The van der Waals surface area contributed by atoms with Crippen molar-refractivity contribution in [1.82, 2.24) is 0 Å². The second-order valence-electron chi connectivity index (χ2n) is 9.95. The summed E-state index contributed by atoms with van der Waals surface area (Å²) in [7, 11) is 3.51. The maximum absolute atomic E-state index is 9.88. The summed E-state index contributed by atoms with van der Waals surface area (Å²) in [6.45, 7) is 4.90. The lowest BCUT2D eigenvalue weighted by Crippen LogP contribution is -2.25. The molecule has 0 bridgehead atoms. The summed E-state index contributed by atoms with van der Waals surface area (Å²) in [4.78, 5) is 2.48. The molecule has 4 rings (SSSR count). The zero-order valence-corrected chi connectivity index (χ0v) is 22.1. The van der Waals surface area contributed by atoms with Gasteiger partial charge < -0.3 is 19.5 Å². The summed E-state index contributed by atoms with van der Waals surface area (Å²) in [6, 6.07) is 21.6. The number of hydrogen-bond acceptors (Lipinski definition) is 4. The quantitative estimate of drug-likeness (QED) is 0.278. The number of nitrogens with zero attached hydrogens (tertiary/aromatic N) is 1. The lowest BCUT2D eigenvalue weighted by Gasteiger charge is -2.32. The van der Waals surface area contributed by atoms with Crippen molar-refractivity contribution in [2.24, 2.45) is 0 Å². The summed E-state index contributed by atoms with van der Waals surface area (Å²) in [5.74, 6) is 1.72. The molecule has 0 radical (unpaired) electrons. The summed E-state index contributed by atoms with van der Waals surface area (Å²) in [5.41, 5.74) is 8.04. The Hall–Kier alpha value is -2.98. The lowest BCUT2D eigenvalue weighted by molar-refractivity contribution is 0.192. The number of fused-ring (bicyclic) bond motifs is 1. The van der Waals surface area contributed by atoms with Crippen molar-refractivity contribution in [3.63, 3.8) is 0 Å². The monoisotopic (exact) mass is 487 g/mol. The summed E-state index contributed by atoms with van der Waals surface area (Å²) < 4.78 is 10.8. The van der Waals surface area contributed by atoms with E-state index in [1.807, 2.05) is 12.1 Å². The van der Waals surface area contributed by atoms with Crippen LogP contribution in [0.25, 0.3) is 0 Å². The van der Waals surface area contributed by atoms with Gasteiger partial charge in [-0.3, -0.25) is 0 Å². The Bertz CT molecular complexity index is 1110. The number of rotatable bonds is 12. The van der Waals surface area contributed by atoms with Crippen molar-refractivity contribution in [1.29, 1.82) is 0 Å². The fourth-order valence-electron chi connectivity index (χ4n) is 5.43. The molecule has 0 aromatic heterocycles. The molecule has 4 nitrogen and oxygen atoms in total. The van der Waals surface area contributed by atoms with Crippen LogP contribution in [0.15, 0.2) is 60.7 Å². The molecular weight excluding hydrogens is 446 g/mol. The molecule has 3 aromatic rings. The van der Waals surface area contributed by atoms with Gasteiger partial charge in [0, 0.05) is 38.6 Å². The minimum absolute atomic E-state index is 0.367. The van der Waals surface area contributed by atoms with Crippen LogP contribution in [0.1, 0.15) is 66.3 Å². The van der Waals surface area contributed by atoms with Gasteiger partial charge in [0.05, 0.1) is 7.11 Å². The van der Waals surface area contributed by atoms with Gasteiger partial charge in [-0.15, -0.1) is 0 Å². The van der Waals surface area contributed by atoms with Crippen LogP contribution in [0.5, 0.6) is 11.5 Å². The van der Waals surface area contributed by atoms with E-state index in [0.717, 1.165) is 57.6 Å². The highest BCUT2D eigenvalue weighted by molar-refractivity contribution is 5.60. The number of benzene rings is 3. The van der Waals surface area contributed by atoms with E-state index in [2.05, 4.69) is 60.4 Å². The Morgan fingerprint density at radius 2 is 1.69 bits per heavy atom. The van der Waals surface area contributed by atoms with Gasteiger partial charge in [-0.05, 0) is 97.4 Å². The van der Waals surface area contributed by atoms with Gasteiger partial charge in [0.25, 0.3) is 0 Å². The molecule has 0 heterocycles. The third-order valence-electron chi connectivity index (χ3n) is 7.53. The average molecular weight is 488 g/mol. The SMILES string of the molecule is CCN(Cc1ccc(CCCCCOC)cc1)c1cc(OC)ccc1[C@@H]1CCc2cc(O)ccc2C1. The maximum atomic E-state index is 9.88. The molecule has 0 unspecified atom stereocenters. The molecule has 0 amide bonds. The van der Waals surface area contributed by atoms with Crippen molar-refractivity contribution in [3.05, 3.63) is 88.5 Å². The fraction of sp³-hybridized carbons (Fsp3) is 0.438. The number of phenols is 1. The smallest absolute Gasteiger partial charge is 0.120 e. The molecule has 4 heteroatoms. The molecule has 1 N–H and O–H groups in total. The highest BCUT2D eigenvalue weighted by Crippen LogP contribution is 2.40. The Kier molecular flexibility index (Phi) is 9.29. The Balaban J connectivity index is 1.49. The molecule has 3 aromatic carbocycles.